The number of allylic oxidation sites excluding steroid dienone is 4. The summed E-state index contributed by atoms with van der Waals surface area (Å²) in [6.45, 7) is 9.79. The summed E-state index contributed by atoms with van der Waals surface area (Å²) < 4.78 is 23.0. The first kappa shape index (κ1) is 40.1. The smallest absolute Gasteiger partial charge is 0.405 e. The number of hydrogen-bond donors (Lipinski definition) is 4. The predicted octanol–water partition coefficient (Wildman–Crippen LogP) is 3.05. The van der Waals surface area contributed by atoms with Crippen LogP contribution in [0, 0.1) is 11.8 Å². The number of amides is 2. The van der Waals surface area contributed by atoms with Crippen LogP contribution in [0.1, 0.15) is 66.7 Å². The van der Waals surface area contributed by atoms with Gasteiger partial charge in [-0.05, 0) is 57.6 Å². The number of fused-ring (bicyclic) bond motifs is 2. The molecule has 1 heterocycles. The molecule has 0 radical (unpaired) electrons. The largest absolute Gasteiger partial charge is 0.459 e. The summed E-state index contributed by atoms with van der Waals surface area (Å²) in [6, 6.07) is 0. The molecule has 2 amide bonds. The molecule has 13 heteroatoms. The van der Waals surface area contributed by atoms with E-state index in [2.05, 4.69) is 10.6 Å². The molecule has 6 N–H and O–H groups in total. The maximum atomic E-state index is 13.8. The zero-order valence-electron chi connectivity index (χ0n) is 29.1. The van der Waals surface area contributed by atoms with Gasteiger partial charge >= 0.3 is 12.1 Å². The number of ketones is 2. The van der Waals surface area contributed by atoms with E-state index in [-0.39, 0.29) is 41.3 Å². The number of ether oxygens (including phenoxy) is 4. The van der Waals surface area contributed by atoms with Gasteiger partial charge in [-0.1, -0.05) is 45.1 Å². The summed E-state index contributed by atoms with van der Waals surface area (Å²) in [5.41, 5.74) is 12.2. The fourth-order valence-corrected chi connectivity index (χ4v) is 5.65. The molecule has 0 aromatic heterocycles. The van der Waals surface area contributed by atoms with Crippen LogP contribution in [-0.2, 0) is 38.1 Å². The Hall–Kier alpha value is -4.07. The van der Waals surface area contributed by atoms with Crippen molar-refractivity contribution in [3.63, 3.8) is 0 Å². The second-order valence-corrected chi connectivity index (χ2v) is 12.2. The molecular formula is C35H52N4O9. The van der Waals surface area contributed by atoms with Gasteiger partial charge in [0.15, 0.2) is 6.10 Å². The van der Waals surface area contributed by atoms with E-state index in [1.54, 1.807) is 26.0 Å². The van der Waals surface area contributed by atoms with Crippen molar-refractivity contribution in [3.05, 3.63) is 58.5 Å². The summed E-state index contributed by atoms with van der Waals surface area (Å²) in [5, 5.41) is 5.69. The number of primary amides is 1. The quantitative estimate of drug-likeness (QED) is 0.151. The average molecular weight is 673 g/mol. The van der Waals surface area contributed by atoms with E-state index in [0.717, 1.165) is 12.5 Å². The van der Waals surface area contributed by atoms with E-state index in [0.29, 0.717) is 31.5 Å². The first-order valence-corrected chi connectivity index (χ1v) is 16.3. The van der Waals surface area contributed by atoms with E-state index in [1.165, 1.54) is 20.3 Å². The van der Waals surface area contributed by atoms with Crippen LogP contribution in [0.2, 0.25) is 0 Å². The number of carbonyl (C=O) groups excluding carboxylic acids is 5. The molecule has 6 atom stereocenters. The molecule has 266 valence electrons. The van der Waals surface area contributed by atoms with Crippen molar-refractivity contribution in [2.24, 2.45) is 23.3 Å². The number of hydrogen-bond acceptors (Lipinski definition) is 11. The van der Waals surface area contributed by atoms with E-state index < -0.39 is 59.9 Å². The summed E-state index contributed by atoms with van der Waals surface area (Å²) in [7, 11) is 2.94. The molecule has 2 rings (SSSR count). The van der Waals surface area contributed by atoms with Crippen LogP contribution in [0.25, 0.3) is 0 Å². The maximum absolute atomic E-state index is 13.8. The van der Waals surface area contributed by atoms with Gasteiger partial charge in [-0.3, -0.25) is 19.2 Å². The average Bonchev–Trinajstić information content (AvgIpc) is 3.03. The molecule has 0 aromatic rings. The second kappa shape index (κ2) is 19.7. The Balaban J connectivity index is 2.72. The molecule has 1 aliphatic heterocycles. The van der Waals surface area contributed by atoms with Crippen molar-refractivity contribution in [2.45, 2.75) is 91.1 Å². The van der Waals surface area contributed by atoms with Crippen LogP contribution in [-0.4, -0.2) is 81.3 Å². The van der Waals surface area contributed by atoms with Crippen LogP contribution in [0.15, 0.2) is 58.5 Å². The summed E-state index contributed by atoms with van der Waals surface area (Å²) in [5.74, 6) is -2.61. The highest BCUT2D eigenvalue weighted by Gasteiger charge is 2.35. The predicted molar refractivity (Wildman–Crippen MR) is 180 cm³/mol. The van der Waals surface area contributed by atoms with Gasteiger partial charge in [-0.25, -0.2) is 4.79 Å². The molecule has 0 saturated heterocycles. The van der Waals surface area contributed by atoms with Crippen molar-refractivity contribution < 1.29 is 42.9 Å². The van der Waals surface area contributed by atoms with Gasteiger partial charge in [0.25, 0.3) is 5.91 Å². The minimum atomic E-state index is -1.02. The Bertz CT molecular complexity index is 1350. The van der Waals surface area contributed by atoms with E-state index in [4.69, 9.17) is 30.4 Å². The lowest BCUT2D eigenvalue weighted by Gasteiger charge is -2.32. The molecule has 2 bridgehead atoms. The molecular weight excluding hydrogens is 620 g/mol. The van der Waals surface area contributed by atoms with Gasteiger partial charge in [-0.2, -0.15) is 0 Å². The summed E-state index contributed by atoms with van der Waals surface area (Å²) >= 11 is 0. The highest BCUT2D eigenvalue weighted by Crippen LogP contribution is 2.30. The zero-order chi connectivity index (χ0) is 36.0. The van der Waals surface area contributed by atoms with Crippen molar-refractivity contribution >= 4 is 29.5 Å². The lowest BCUT2D eigenvalue weighted by Crippen LogP contribution is -2.40. The number of methoxy groups -OCH3 is 2. The number of Topliss-reactive ketones (excluding diaryl/α,β-unsaturated/α-hetero) is 1. The Morgan fingerprint density at radius 3 is 2.40 bits per heavy atom. The SMILES string of the molecule is CCCNC1=C2C[C@@H](C)C[C@@H](OC)[C@H](OC(=O)CCCN)[C@H](C)/C=C(\C)[C@@H](OC(N)=O)[C@H](OC)/C=C\C=C(/C)C(=O)NC(=CC1=O)C2=O. The van der Waals surface area contributed by atoms with Crippen molar-refractivity contribution in [2.75, 3.05) is 27.3 Å². The minimum absolute atomic E-state index is 0.113. The zero-order valence-corrected chi connectivity index (χ0v) is 29.1. The first-order chi connectivity index (χ1) is 22.8. The topological polar surface area (TPSA) is 198 Å². The molecule has 0 spiro atoms. The van der Waals surface area contributed by atoms with E-state index in [1.807, 2.05) is 26.8 Å². The van der Waals surface area contributed by atoms with Crippen LogP contribution in [0.3, 0.4) is 0 Å². The van der Waals surface area contributed by atoms with Crippen LogP contribution in [0.5, 0.6) is 0 Å². The summed E-state index contributed by atoms with van der Waals surface area (Å²) in [4.78, 5) is 65.0. The Kier molecular flexibility index (Phi) is 16.4. The van der Waals surface area contributed by atoms with Gasteiger partial charge in [0.05, 0.1) is 17.5 Å². The number of nitrogens with two attached hydrogens (primary N) is 2. The molecule has 2 aliphatic rings. The van der Waals surface area contributed by atoms with Crippen molar-refractivity contribution in [1.82, 2.24) is 10.6 Å². The fourth-order valence-electron chi connectivity index (χ4n) is 5.65. The van der Waals surface area contributed by atoms with Gasteiger partial charge in [0.1, 0.15) is 12.2 Å². The van der Waals surface area contributed by atoms with E-state index >= 15 is 0 Å². The number of nitrogens with one attached hydrogen (secondary N) is 2. The van der Waals surface area contributed by atoms with Crippen LogP contribution >= 0.6 is 0 Å². The third kappa shape index (κ3) is 11.6. The van der Waals surface area contributed by atoms with E-state index in [9.17, 15) is 24.0 Å². The van der Waals surface area contributed by atoms with Gasteiger partial charge < -0.3 is 41.0 Å². The van der Waals surface area contributed by atoms with Crippen molar-refractivity contribution in [1.29, 1.82) is 0 Å². The molecule has 1 aliphatic carbocycles. The third-order valence-electron chi connectivity index (χ3n) is 8.16. The lowest BCUT2D eigenvalue weighted by atomic mass is 9.85. The monoisotopic (exact) mass is 672 g/mol. The number of carbonyl (C=O) groups is 5. The Morgan fingerprint density at radius 2 is 1.79 bits per heavy atom. The number of rotatable bonds is 10. The highest BCUT2D eigenvalue weighted by molar-refractivity contribution is 6.23. The molecule has 0 unspecified atom stereocenters. The van der Waals surface area contributed by atoms with Gasteiger partial charge in [0.2, 0.25) is 11.6 Å². The van der Waals surface area contributed by atoms with Crippen LogP contribution in [0.4, 0.5) is 4.79 Å². The van der Waals surface area contributed by atoms with Gasteiger partial charge in [0, 0.05) is 50.3 Å². The second-order valence-electron chi connectivity index (χ2n) is 12.2. The number of esters is 1. The maximum Gasteiger partial charge on any atom is 0.405 e. The Morgan fingerprint density at radius 1 is 1.08 bits per heavy atom. The highest BCUT2D eigenvalue weighted by atomic mass is 16.6. The molecule has 0 saturated carbocycles. The lowest BCUT2D eigenvalue weighted by molar-refractivity contribution is -0.160. The molecule has 0 aromatic carbocycles. The normalized spacial score (nSPS) is 29.1. The third-order valence-corrected chi connectivity index (χ3v) is 8.16. The standard InChI is InChI=1S/C35H52N4O9/c1-8-15-38-30-24-16-20(2)17-28(46-7)33(47-29(41)13-10-14-36)23(5)18-22(4)32(48-35(37)44)27(45-6)12-9-11-21(3)34(43)39-25(31(24)42)19-26(30)40/h9,11-12,18-20,23,27-28,32-33,38H,8,10,13-17,36H2,1-7H3,(H2,37,44)(H,39,43)/b12-9-,21-11+,22-18+/t20-,23-,27-,28-,32-,33-/m1/s1. The first-order valence-electron chi connectivity index (χ1n) is 16.3. The van der Waals surface area contributed by atoms with Crippen LogP contribution < -0.4 is 22.1 Å². The van der Waals surface area contributed by atoms with Gasteiger partial charge in [-0.15, -0.1) is 0 Å². The molecule has 13 nitrogen and oxygen atoms in total. The summed E-state index contributed by atoms with van der Waals surface area (Å²) in [6.07, 6.45) is 5.16. The fraction of sp³-hybridized carbons (Fsp3) is 0.571. The van der Waals surface area contributed by atoms with Crippen molar-refractivity contribution in [3.8, 4) is 0 Å². The molecule has 48 heavy (non-hydrogen) atoms. The molecule has 0 fully saturated rings. The Labute approximate surface area is 283 Å². The minimum Gasteiger partial charge on any atom is -0.459 e.